The Labute approximate surface area is 104 Å². The highest BCUT2D eigenvalue weighted by Crippen LogP contribution is 2.10. The summed E-state index contributed by atoms with van der Waals surface area (Å²) in [6.07, 6.45) is 1.03. The number of urea groups is 1. The number of nitrogens with zero attached hydrogens (tertiary/aromatic N) is 1. The topological polar surface area (TPSA) is 128 Å². The summed E-state index contributed by atoms with van der Waals surface area (Å²) in [5, 5.41) is 12.1. The maximum absolute atomic E-state index is 11.8. The summed E-state index contributed by atoms with van der Waals surface area (Å²) in [6, 6.07) is -1.12. The zero-order valence-electron chi connectivity index (χ0n) is 10.2. The molecular formula is C10H17N5O3. The molecule has 1 aliphatic rings. The first-order chi connectivity index (χ1) is 8.41. The summed E-state index contributed by atoms with van der Waals surface area (Å²) in [5.41, 5.74) is 5.10. The van der Waals surface area contributed by atoms with Gasteiger partial charge in [0.2, 0.25) is 0 Å². The molecule has 100 valence electrons. The minimum atomic E-state index is -0.592. The molecule has 0 aromatic rings. The number of ketones is 1. The molecule has 1 rings (SSSR count). The Bertz CT molecular complexity index is 382. The van der Waals surface area contributed by atoms with Crippen molar-refractivity contribution < 1.29 is 14.4 Å². The highest BCUT2D eigenvalue weighted by molar-refractivity contribution is 6.06. The van der Waals surface area contributed by atoms with Crippen molar-refractivity contribution in [2.75, 3.05) is 13.1 Å². The summed E-state index contributed by atoms with van der Waals surface area (Å²) in [7, 11) is 0. The van der Waals surface area contributed by atoms with Crippen LogP contribution in [0.15, 0.2) is 0 Å². The summed E-state index contributed by atoms with van der Waals surface area (Å²) < 4.78 is 0. The molecule has 0 bridgehead atoms. The number of hydrogen-bond donors (Lipinski definition) is 4. The van der Waals surface area contributed by atoms with Gasteiger partial charge in [0.1, 0.15) is 11.8 Å². The number of rotatable bonds is 6. The number of guanidine groups is 1. The molecule has 0 aromatic carbocycles. The first kappa shape index (κ1) is 13.9. The van der Waals surface area contributed by atoms with Crippen molar-refractivity contribution in [2.24, 2.45) is 5.73 Å². The average molecular weight is 255 g/mol. The van der Waals surface area contributed by atoms with Crippen LogP contribution >= 0.6 is 0 Å². The molecule has 1 fully saturated rings. The second kappa shape index (κ2) is 5.99. The molecule has 3 amide bonds. The predicted molar refractivity (Wildman–Crippen MR) is 63.9 cm³/mol. The van der Waals surface area contributed by atoms with Gasteiger partial charge in [-0.2, -0.15) is 0 Å². The van der Waals surface area contributed by atoms with Gasteiger partial charge in [-0.05, 0) is 19.8 Å². The molecule has 1 atom stereocenters. The molecule has 8 nitrogen and oxygen atoms in total. The first-order valence-corrected chi connectivity index (χ1v) is 5.61. The van der Waals surface area contributed by atoms with Gasteiger partial charge in [-0.3, -0.25) is 19.9 Å². The van der Waals surface area contributed by atoms with Gasteiger partial charge in [0.05, 0.1) is 6.54 Å². The number of imide groups is 1. The summed E-state index contributed by atoms with van der Waals surface area (Å²) in [5.74, 6) is -0.745. The summed E-state index contributed by atoms with van der Waals surface area (Å²) in [4.78, 5) is 35.1. The lowest BCUT2D eigenvalue weighted by Crippen LogP contribution is -2.35. The highest BCUT2D eigenvalue weighted by atomic mass is 16.2. The van der Waals surface area contributed by atoms with Crippen LogP contribution in [-0.4, -0.2) is 47.7 Å². The fourth-order valence-electron chi connectivity index (χ4n) is 1.67. The minimum absolute atomic E-state index is 0.130. The lowest BCUT2D eigenvalue weighted by molar-refractivity contribution is -0.131. The Kier molecular flexibility index (Phi) is 4.64. The second-order valence-corrected chi connectivity index (χ2v) is 4.11. The first-order valence-electron chi connectivity index (χ1n) is 5.61. The Hall–Kier alpha value is -2.12. The lowest BCUT2D eigenvalue weighted by Gasteiger charge is -2.10. The molecule has 0 radical (unpaired) electrons. The van der Waals surface area contributed by atoms with Crippen LogP contribution in [0.5, 0.6) is 0 Å². The van der Waals surface area contributed by atoms with Crippen molar-refractivity contribution >= 4 is 23.7 Å². The third-order valence-corrected chi connectivity index (χ3v) is 2.47. The van der Waals surface area contributed by atoms with E-state index in [9.17, 15) is 14.4 Å². The molecular weight excluding hydrogens is 238 g/mol. The Morgan fingerprint density at radius 3 is 2.78 bits per heavy atom. The second-order valence-electron chi connectivity index (χ2n) is 4.11. The number of amides is 3. The monoisotopic (exact) mass is 255 g/mol. The van der Waals surface area contributed by atoms with Crippen LogP contribution < -0.4 is 16.4 Å². The Balaban J connectivity index is 2.40. The zero-order valence-corrected chi connectivity index (χ0v) is 10.2. The predicted octanol–water partition coefficient (Wildman–Crippen LogP) is -1.24. The van der Waals surface area contributed by atoms with Gasteiger partial charge in [0.25, 0.3) is 5.91 Å². The summed E-state index contributed by atoms with van der Waals surface area (Å²) >= 11 is 0. The molecule has 8 heteroatoms. The third kappa shape index (κ3) is 3.72. The van der Waals surface area contributed by atoms with E-state index in [0.29, 0.717) is 19.4 Å². The maximum Gasteiger partial charge on any atom is 0.325 e. The molecule has 0 aromatic heterocycles. The standard InChI is InChI=1S/C10H17N5O3/c1-6(16)5-15-8(17)7(14-10(15)18)3-2-4-13-9(11)12/h7H,2-5H2,1H3,(H,14,18)(H4,11,12,13). The fraction of sp³-hybridized carbons (Fsp3) is 0.600. The SMILES string of the molecule is CC(=O)CN1C(=O)NC(CCCNC(=N)N)C1=O. The number of hydrogen-bond acceptors (Lipinski definition) is 4. The van der Waals surface area contributed by atoms with Crippen molar-refractivity contribution in [2.45, 2.75) is 25.8 Å². The van der Waals surface area contributed by atoms with E-state index in [-0.39, 0.29) is 24.2 Å². The Morgan fingerprint density at radius 1 is 1.56 bits per heavy atom. The molecule has 18 heavy (non-hydrogen) atoms. The number of Topliss-reactive ketones (excluding diaryl/α,β-unsaturated/α-hetero) is 1. The van der Waals surface area contributed by atoms with Gasteiger partial charge in [0, 0.05) is 6.54 Å². The van der Waals surface area contributed by atoms with Gasteiger partial charge < -0.3 is 16.4 Å². The van der Waals surface area contributed by atoms with Crippen LogP contribution in [0.1, 0.15) is 19.8 Å². The van der Waals surface area contributed by atoms with E-state index in [1.165, 1.54) is 6.92 Å². The van der Waals surface area contributed by atoms with Gasteiger partial charge in [0.15, 0.2) is 5.96 Å². The Morgan fingerprint density at radius 2 is 2.22 bits per heavy atom. The van der Waals surface area contributed by atoms with Crippen molar-refractivity contribution in [1.29, 1.82) is 5.41 Å². The molecule has 1 unspecified atom stereocenters. The van der Waals surface area contributed by atoms with Crippen LogP contribution in [0.25, 0.3) is 0 Å². The molecule has 0 saturated carbocycles. The normalized spacial score (nSPS) is 18.7. The molecule has 0 aliphatic carbocycles. The van der Waals surface area contributed by atoms with Crippen molar-refractivity contribution in [1.82, 2.24) is 15.5 Å². The van der Waals surface area contributed by atoms with Gasteiger partial charge in [-0.25, -0.2) is 4.79 Å². The minimum Gasteiger partial charge on any atom is -0.370 e. The molecule has 0 spiro atoms. The van der Waals surface area contributed by atoms with E-state index in [1.54, 1.807) is 0 Å². The quantitative estimate of drug-likeness (QED) is 0.204. The van der Waals surface area contributed by atoms with Gasteiger partial charge >= 0.3 is 6.03 Å². The number of nitrogens with one attached hydrogen (secondary N) is 3. The van der Waals surface area contributed by atoms with E-state index in [1.807, 2.05) is 0 Å². The van der Waals surface area contributed by atoms with Crippen molar-refractivity contribution in [3.63, 3.8) is 0 Å². The number of carbonyl (C=O) groups is 3. The molecule has 1 saturated heterocycles. The van der Waals surface area contributed by atoms with Crippen LogP contribution in [0, 0.1) is 5.41 Å². The largest absolute Gasteiger partial charge is 0.370 e. The molecule has 1 aliphatic heterocycles. The van der Waals surface area contributed by atoms with E-state index in [2.05, 4.69) is 10.6 Å². The van der Waals surface area contributed by atoms with E-state index < -0.39 is 12.1 Å². The van der Waals surface area contributed by atoms with Gasteiger partial charge in [-0.1, -0.05) is 0 Å². The lowest BCUT2D eigenvalue weighted by atomic mass is 10.1. The number of carbonyl (C=O) groups excluding carboxylic acids is 3. The third-order valence-electron chi connectivity index (χ3n) is 2.47. The van der Waals surface area contributed by atoms with Crippen LogP contribution in [0.4, 0.5) is 4.79 Å². The van der Waals surface area contributed by atoms with E-state index >= 15 is 0 Å². The van der Waals surface area contributed by atoms with E-state index in [4.69, 9.17) is 11.1 Å². The number of nitrogens with two attached hydrogens (primary N) is 1. The fourth-order valence-corrected chi connectivity index (χ4v) is 1.67. The van der Waals surface area contributed by atoms with Crippen molar-refractivity contribution in [3.05, 3.63) is 0 Å². The van der Waals surface area contributed by atoms with Gasteiger partial charge in [-0.15, -0.1) is 0 Å². The smallest absolute Gasteiger partial charge is 0.325 e. The molecule has 5 N–H and O–H groups in total. The highest BCUT2D eigenvalue weighted by Gasteiger charge is 2.37. The van der Waals surface area contributed by atoms with E-state index in [0.717, 1.165) is 4.90 Å². The summed E-state index contributed by atoms with van der Waals surface area (Å²) in [6.45, 7) is 1.60. The van der Waals surface area contributed by atoms with Crippen LogP contribution in [-0.2, 0) is 9.59 Å². The van der Waals surface area contributed by atoms with Crippen molar-refractivity contribution in [3.8, 4) is 0 Å². The average Bonchev–Trinajstić information content (AvgIpc) is 2.51. The zero-order chi connectivity index (χ0) is 13.7. The molecule has 1 heterocycles. The van der Waals surface area contributed by atoms with Crippen LogP contribution in [0.2, 0.25) is 0 Å². The maximum atomic E-state index is 11.8. The van der Waals surface area contributed by atoms with Crippen LogP contribution in [0.3, 0.4) is 0 Å².